The normalized spacial score (nSPS) is 15.1. The number of imidazole rings is 1. The number of piperidine rings is 1. The lowest BCUT2D eigenvalue weighted by Gasteiger charge is -2.28. The van der Waals surface area contributed by atoms with Gasteiger partial charge in [0.15, 0.2) is 5.82 Å². The van der Waals surface area contributed by atoms with Crippen LogP contribution in [-0.4, -0.2) is 54.6 Å². The van der Waals surface area contributed by atoms with Gasteiger partial charge in [0.05, 0.1) is 41.0 Å². The van der Waals surface area contributed by atoms with E-state index in [2.05, 4.69) is 41.4 Å². The lowest BCUT2D eigenvalue weighted by atomic mass is 10.0. The number of aliphatic hydroxyl groups excluding tert-OH is 1. The van der Waals surface area contributed by atoms with Gasteiger partial charge in [-0.05, 0) is 49.4 Å². The van der Waals surface area contributed by atoms with E-state index in [0.717, 1.165) is 63.2 Å². The molecule has 4 N–H and O–H groups in total. The van der Waals surface area contributed by atoms with Crippen LogP contribution >= 0.6 is 0 Å². The Morgan fingerprint density at radius 2 is 1.86 bits per heavy atom. The number of fused-ring (bicyclic) bond motifs is 2. The largest absolute Gasteiger partial charge is 0.374 e. The monoisotopic (exact) mass is 468 g/mol. The summed E-state index contributed by atoms with van der Waals surface area (Å²) in [5.74, 6) is 0.717. The Labute approximate surface area is 202 Å². The van der Waals surface area contributed by atoms with E-state index < -0.39 is 6.23 Å². The Kier molecular flexibility index (Phi) is 5.54. The van der Waals surface area contributed by atoms with Crippen LogP contribution in [0.5, 0.6) is 0 Å². The van der Waals surface area contributed by atoms with Crippen molar-refractivity contribution in [3.05, 3.63) is 49.1 Å². The summed E-state index contributed by atoms with van der Waals surface area (Å²) in [5.41, 5.74) is 7.36. The highest BCUT2D eigenvalue weighted by molar-refractivity contribution is 5.97. The highest BCUT2D eigenvalue weighted by atomic mass is 16.3. The lowest BCUT2D eigenvalue weighted by molar-refractivity contribution is 0.199. The first-order valence-electron chi connectivity index (χ1n) is 12.2. The molecular weight excluding hydrogens is 440 g/mol. The van der Waals surface area contributed by atoms with Crippen LogP contribution in [-0.2, 0) is 0 Å². The first-order valence-corrected chi connectivity index (χ1v) is 12.2. The summed E-state index contributed by atoms with van der Waals surface area (Å²) >= 11 is 0. The second-order valence-electron chi connectivity index (χ2n) is 9.05. The molecule has 0 radical (unpaired) electrons. The van der Waals surface area contributed by atoms with Crippen molar-refractivity contribution in [3.8, 4) is 22.6 Å². The smallest absolute Gasteiger partial charge is 0.159 e. The van der Waals surface area contributed by atoms with Gasteiger partial charge in [-0.3, -0.25) is 15.1 Å². The number of anilines is 2. The number of H-pyrrole nitrogens is 2. The van der Waals surface area contributed by atoms with Gasteiger partial charge in [-0.1, -0.05) is 13.0 Å². The molecule has 0 aliphatic carbocycles. The number of nitrogens with zero attached hydrogens (tertiary/aromatic N) is 5. The molecule has 0 bridgehead atoms. The van der Waals surface area contributed by atoms with Crippen molar-refractivity contribution < 1.29 is 5.11 Å². The third kappa shape index (κ3) is 4.08. The molecule has 0 spiro atoms. The molecule has 5 aromatic rings. The lowest BCUT2D eigenvalue weighted by Crippen LogP contribution is -2.29. The number of aromatic amines is 2. The minimum absolute atomic E-state index is 0.604. The van der Waals surface area contributed by atoms with Crippen molar-refractivity contribution in [1.29, 1.82) is 0 Å². The zero-order chi connectivity index (χ0) is 23.8. The van der Waals surface area contributed by atoms with Gasteiger partial charge in [-0.15, -0.1) is 0 Å². The molecule has 1 fully saturated rings. The summed E-state index contributed by atoms with van der Waals surface area (Å²) in [5, 5.41) is 21.7. The van der Waals surface area contributed by atoms with E-state index in [1.54, 1.807) is 6.20 Å². The molecule has 1 aromatic carbocycles. The van der Waals surface area contributed by atoms with E-state index in [1.165, 1.54) is 19.3 Å². The van der Waals surface area contributed by atoms with Crippen LogP contribution < -0.4 is 10.2 Å². The summed E-state index contributed by atoms with van der Waals surface area (Å²) in [4.78, 5) is 19.6. The summed E-state index contributed by atoms with van der Waals surface area (Å²) in [7, 11) is 0. The van der Waals surface area contributed by atoms with Crippen molar-refractivity contribution in [2.45, 2.75) is 38.8 Å². The second kappa shape index (κ2) is 8.99. The summed E-state index contributed by atoms with van der Waals surface area (Å²) in [6.45, 7) is 4.00. The minimum atomic E-state index is -0.604. The number of aliphatic hydroxyl groups is 1. The van der Waals surface area contributed by atoms with E-state index in [4.69, 9.17) is 4.98 Å². The Morgan fingerprint density at radius 1 is 1.00 bits per heavy atom. The minimum Gasteiger partial charge on any atom is -0.374 e. The van der Waals surface area contributed by atoms with E-state index in [-0.39, 0.29) is 0 Å². The fourth-order valence-electron chi connectivity index (χ4n) is 4.74. The summed E-state index contributed by atoms with van der Waals surface area (Å²) in [6.07, 6.45) is 11.0. The average Bonchev–Trinajstić information content (AvgIpc) is 3.53. The van der Waals surface area contributed by atoms with Crippen molar-refractivity contribution >= 4 is 33.3 Å². The molecule has 1 aliphatic heterocycles. The van der Waals surface area contributed by atoms with Crippen molar-refractivity contribution in [2.75, 3.05) is 23.3 Å². The van der Waals surface area contributed by atoms with Gasteiger partial charge in [0, 0.05) is 30.2 Å². The first-order chi connectivity index (χ1) is 17.2. The maximum absolute atomic E-state index is 9.94. The molecule has 0 amide bonds. The van der Waals surface area contributed by atoms with E-state index >= 15 is 0 Å². The molecule has 1 saturated heterocycles. The quantitative estimate of drug-likeness (QED) is 0.267. The molecule has 5 heterocycles. The van der Waals surface area contributed by atoms with Crippen LogP contribution in [0.15, 0.2) is 49.1 Å². The van der Waals surface area contributed by atoms with Crippen molar-refractivity contribution in [1.82, 2.24) is 30.1 Å². The van der Waals surface area contributed by atoms with Gasteiger partial charge in [0.25, 0.3) is 0 Å². The molecule has 1 aliphatic rings. The van der Waals surface area contributed by atoms with Crippen LogP contribution in [0.25, 0.3) is 44.6 Å². The van der Waals surface area contributed by atoms with Gasteiger partial charge in [-0.2, -0.15) is 5.10 Å². The number of hydrogen-bond donors (Lipinski definition) is 4. The SMILES string of the molecule is CCC(O)Nc1cncc(-c2ccc3[nH]nc(-c4nc5c(N6CCCCC6)cncc5[nH]4)c3c2)c1. The van der Waals surface area contributed by atoms with Crippen molar-refractivity contribution in [3.63, 3.8) is 0 Å². The van der Waals surface area contributed by atoms with Gasteiger partial charge in [0.1, 0.15) is 17.4 Å². The predicted molar refractivity (Wildman–Crippen MR) is 138 cm³/mol. The first kappa shape index (κ1) is 21.5. The van der Waals surface area contributed by atoms with E-state index in [0.29, 0.717) is 12.2 Å². The number of benzene rings is 1. The third-order valence-electron chi connectivity index (χ3n) is 6.65. The van der Waals surface area contributed by atoms with Gasteiger partial charge < -0.3 is 20.3 Å². The number of aromatic nitrogens is 6. The number of rotatable bonds is 6. The van der Waals surface area contributed by atoms with Crippen LogP contribution in [0.4, 0.5) is 11.4 Å². The average molecular weight is 469 g/mol. The van der Waals surface area contributed by atoms with Crippen molar-refractivity contribution in [2.24, 2.45) is 0 Å². The highest BCUT2D eigenvalue weighted by Gasteiger charge is 2.19. The zero-order valence-electron chi connectivity index (χ0n) is 19.6. The molecule has 1 unspecified atom stereocenters. The molecule has 0 saturated carbocycles. The molecule has 6 rings (SSSR count). The molecule has 4 aromatic heterocycles. The number of hydrogen-bond acceptors (Lipinski definition) is 7. The topological polar surface area (TPSA) is 119 Å². The second-order valence-corrected chi connectivity index (χ2v) is 9.05. The molecule has 9 heteroatoms. The standard InChI is InChI=1S/C26H28N8O/c1-2-23(35)29-18-10-17(12-27-13-18)16-6-7-20-19(11-16)24(33-32-20)26-30-21-14-28-15-22(25(21)31-26)34-8-4-3-5-9-34/h6-7,10-15,23,29,35H,2-5,8-9H2,1H3,(H,30,31)(H,32,33). The Hall–Kier alpha value is -3.98. The third-order valence-corrected chi connectivity index (χ3v) is 6.65. The Balaban J connectivity index is 1.39. The van der Waals surface area contributed by atoms with Crippen LogP contribution in [0.2, 0.25) is 0 Å². The van der Waals surface area contributed by atoms with Crippen LogP contribution in [0.3, 0.4) is 0 Å². The molecule has 35 heavy (non-hydrogen) atoms. The van der Waals surface area contributed by atoms with E-state index in [1.807, 2.05) is 43.7 Å². The summed E-state index contributed by atoms with van der Waals surface area (Å²) in [6, 6.07) is 8.15. The van der Waals surface area contributed by atoms with Gasteiger partial charge in [-0.25, -0.2) is 4.98 Å². The summed E-state index contributed by atoms with van der Waals surface area (Å²) < 4.78 is 0. The van der Waals surface area contributed by atoms with Crippen LogP contribution in [0.1, 0.15) is 32.6 Å². The Morgan fingerprint density at radius 3 is 2.71 bits per heavy atom. The predicted octanol–water partition coefficient (Wildman–Crippen LogP) is 4.69. The molecule has 178 valence electrons. The molecular formula is C26H28N8O. The Bertz CT molecular complexity index is 1480. The number of pyridine rings is 2. The fraction of sp³-hybridized carbons (Fsp3) is 0.308. The van der Waals surface area contributed by atoms with Gasteiger partial charge >= 0.3 is 0 Å². The number of nitrogens with one attached hydrogen (secondary N) is 3. The van der Waals surface area contributed by atoms with E-state index in [9.17, 15) is 5.11 Å². The maximum atomic E-state index is 9.94. The molecule has 9 nitrogen and oxygen atoms in total. The van der Waals surface area contributed by atoms with Gasteiger partial charge in [0.2, 0.25) is 0 Å². The maximum Gasteiger partial charge on any atom is 0.159 e. The fourth-order valence-corrected chi connectivity index (χ4v) is 4.74. The highest BCUT2D eigenvalue weighted by Crippen LogP contribution is 2.33. The van der Waals surface area contributed by atoms with Crippen LogP contribution in [0, 0.1) is 0 Å². The molecule has 1 atom stereocenters. The zero-order valence-corrected chi connectivity index (χ0v) is 19.6.